The number of carbonyl (C=O) groups excluding carboxylic acids is 2. The Morgan fingerprint density at radius 2 is 1.86 bits per heavy atom. The number of benzene rings is 1. The number of carbonyl (C=O) groups is 3. The van der Waals surface area contributed by atoms with Crippen LogP contribution in [0.2, 0.25) is 0 Å². The Hall–Kier alpha value is -2.55. The van der Waals surface area contributed by atoms with Crippen molar-refractivity contribution in [3.63, 3.8) is 0 Å². The van der Waals surface area contributed by atoms with Gasteiger partial charge in [-0.05, 0) is 39.3 Å². The van der Waals surface area contributed by atoms with Gasteiger partial charge in [0, 0.05) is 13.0 Å². The van der Waals surface area contributed by atoms with E-state index < -0.39 is 46.7 Å². The molecular formula is C19H23F2NO6. The summed E-state index contributed by atoms with van der Waals surface area (Å²) < 4.78 is 39.1. The summed E-state index contributed by atoms with van der Waals surface area (Å²) in [5, 5.41) is 8.99. The summed E-state index contributed by atoms with van der Waals surface area (Å²) in [6, 6.07) is 1.54. The molecule has 0 aromatic heterocycles. The zero-order chi connectivity index (χ0) is 21.1. The Morgan fingerprint density at radius 1 is 1.25 bits per heavy atom. The molecule has 0 aliphatic carbocycles. The lowest BCUT2D eigenvalue weighted by molar-refractivity contribution is -0.0253. The lowest BCUT2D eigenvalue weighted by atomic mass is 10.0. The summed E-state index contributed by atoms with van der Waals surface area (Å²) in [5.41, 5.74) is -1.89. The first-order chi connectivity index (χ1) is 13.0. The number of rotatable bonds is 5. The largest absolute Gasteiger partial charge is 0.465 e. The summed E-state index contributed by atoms with van der Waals surface area (Å²) in [5.74, 6) is -3.99. The molecule has 1 aromatic carbocycles. The molecule has 28 heavy (non-hydrogen) atoms. The van der Waals surface area contributed by atoms with Crippen LogP contribution >= 0.6 is 0 Å². The Morgan fingerprint density at radius 3 is 2.39 bits per heavy atom. The van der Waals surface area contributed by atoms with Gasteiger partial charge in [-0.1, -0.05) is 0 Å². The second-order valence-corrected chi connectivity index (χ2v) is 7.50. The van der Waals surface area contributed by atoms with Crippen LogP contribution in [-0.2, 0) is 9.47 Å². The van der Waals surface area contributed by atoms with Gasteiger partial charge in [0.15, 0.2) is 5.78 Å². The van der Waals surface area contributed by atoms with Gasteiger partial charge in [-0.15, -0.1) is 0 Å². The number of ether oxygens (including phenoxy) is 2. The Bertz CT molecular complexity index is 751. The quantitative estimate of drug-likeness (QED) is 0.603. The van der Waals surface area contributed by atoms with Gasteiger partial charge in [0.25, 0.3) is 0 Å². The molecule has 7 nitrogen and oxygen atoms in total. The number of nitrogens with zero attached hydrogens (tertiary/aromatic N) is 1. The second-order valence-electron chi connectivity index (χ2n) is 7.50. The number of hydrogen-bond donors (Lipinski definition) is 1. The van der Waals surface area contributed by atoms with E-state index in [1.807, 2.05) is 0 Å². The van der Waals surface area contributed by atoms with Crippen molar-refractivity contribution in [1.29, 1.82) is 0 Å². The lowest BCUT2D eigenvalue weighted by Gasteiger charge is -2.30. The van der Waals surface area contributed by atoms with Crippen molar-refractivity contribution in [2.75, 3.05) is 19.7 Å². The standard InChI is InChI=1S/C19H23F2NO6/c1-19(2,3)28-17(24)11-8-13(20)16(14(21)9-11)15(23)5-4-12-10-22(18(25)26)6-7-27-12/h8-9,12H,4-7,10H2,1-3H3,(H,25,26). The molecule has 154 valence electrons. The topological polar surface area (TPSA) is 93.1 Å². The third-order valence-corrected chi connectivity index (χ3v) is 4.06. The second kappa shape index (κ2) is 8.64. The predicted octanol–water partition coefficient (Wildman–Crippen LogP) is 3.26. The molecular weight excluding hydrogens is 376 g/mol. The van der Waals surface area contributed by atoms with Gasteiger partial charge in [0.05, 0.1) is 30.4 Å². The van der Waals surface area contributed by atoms with Crippen molar-refractivity contribution in [2.24, 2.45) is 0 Å². The van der Waals surface area contributed by atoms with E-state index in [4.69, 9.17) is 14.6 Å². The molecule has 1 aliphatic rings. The van der Waals surface area contributed by atoms with Gasteiger partial charge >= 0.3 is 12.1 Å². The van der Waals surface area contributed by atoms with Crippen LogP contribution in [0.3, 0.4) is 0 Å². The minimum atomic E-state index is -1.15. The number of halogens is 2. The molecule has 1 atom stereocenters. The lowest BCUT2D eigenvalue weighted by Crippen LogP contribution is -2.45. The van der Waals surface area contributed by atoms with E-state index in [2.05, 4.69) is 0 Å². The van der Waals surface area contributed by atoms with Crippen molar-refractivity contribution in [3.8, 4) is 0 Å². The van der Waals surface area contributed by atoms with E-state index in [1.165, 1.54) is 0 Å². The van der Waals surface area contributed by atoms with Gasteiger partial charge < -0.3 is 19.5 Å². The third kappa shape index (κ3) is 5.72. The summed E-state index contributed by atoms with van der Waals surface area (Å²) in [7, 11) is 0. The molecule has 1 amide bonds. The number of ketones is 1. The molecule has 1 aromatic rings. The van der Waals surface area contributed by atoms with Crippen molar-refractivity contribution in [1.82, 2.24) is 4.90 Å². The fourth-order valence-corrected chi connectivity index (χ4v) is 2.78. The maximum absolute atomic E-state index is 14.3. The van der Waals surface area contributed by atoms with E-state index >= 15 is 0 Å². The molecule has 0 saturated carbocycles. The number of Topliss-reactive ketones (excluding diaryl/α,β-unsaturated/α-hetero) is 1. The molecule has 9 heteroatoms. The highest BCUT2D eigenvalue weighted by Gasteiger charge is 2.27. The highest BCUT2D eigenvalue weighted by Crippen LogP contribution is 2.21. The van der Waals surface area contributed by atoms with E-state index in [1.54, 1.807) is 20.8 Å². The minimum absolute atomic E-state index is 0.0885. The molecule has 2 rings (SSSR count). The van der Waals surface area contributed by atoms with Crippen LogP contribution in [0.25, 0.3) is 0 Å². The fourth-order valence-electron chi connectivity index (χ4n) is 2.78. The highest BCUT2D eigenvalue weighted by atomic mass is 19.1. The number of amides is 1. The third-order valence-electron chi connectivity index (χ3n) is 4.06. The van der Waals surface area contributed by atoms with Crippen LogP contribution in [0.1, 0.15) is 54.3 Å². The van der Waals surface area contributed by atoms with Gasteiger partial charge in [0.2, 0.25) is 0 Å². The normalized spacial score (nSPS) is 17.3. The van der Waals surface area contributed by atoms with Gasteiger partial charge in [-0.2, -0.15) is 0 Å². The molecule has 1 fully saturated rings. The highest BCUT2D eigenvalue weighted by molar-refractivity contribution is 5.98. The van der Waals surface area contributed by atoms with E-state index in [0.717, 1.165) is 17.0 Å². The number of hydrogen-bond acceptors (Lipinski definition) is 5. The number of morpholine rings is 1. The minimum Gasteiger partial charge on any atom is -0.465 e. The zero-order valence-corrected chi connectivity index (χ0v) is 16.0. The molecule has 1 heterocycles. The SMILES string of the molecule is CC(C)(C)OC(=O)c1cc(F)c(C(=O)CCC2CN(C(=O)O)CCO2)c(F)c1. The zero-order valence-electron chi connectivity index (χ0n) is 16.0. The number of esters is 1. The molecule has 1 aliphatic heterocycles. The van der Waals surface area contributed by atoms with Crippen molar-refractivity contribution in [3.05, 3.63) is 34.9 Å². The van der Waals surface area contributed by atoms with E-state index in [-0.39, 0.29) is 38.1 Å². The Labute approximate surface area is 161 Å². The first kappa shape index (κ1) is 21.7. The van der Waals surface area contributed by atoms with Crippen molar-refractivity contribution >= 4 is 17.8 Å². The first-order valence-corrected chi connectivity index (χ1v) is 8.83. The molecule has 0 radical (unpaired) electrons. The monoisotopic (exact) mass is 399 g/mol. The number of carboxylic acid groups (broad SMARTS) is 1. The van der Waals surface area contributed by atoms with Crippen molar-refractivity contribution < 1.29 is 37.7 Å². The van der Waals surface area contributed by atoms with Crippen LogP contribution in [0, 0.1) is 11.6 Å². The average molecular weight is 399 g/mol. The smallest absolute Gasteiger partial charge is 0.407 e. The molecule has 1 N–H and O–H groups in total. The van der Waals surface area contributed by atoms with E-state index in [9.17, 15) is 23.2 Å². The van der Waals surface area contributed by atoms with Crippen LogP contribution in [0.15, 0.2) is 12.1 Å². The van der Waals surface area contributed by atoms with Crippen LogP contribution < -0.4 is 0 Å². The van der Waals surface area contributed by atoms with Gasteiger partial charge in [-0.3, -0.25) is 4.79 Å². The maximum Gasteiger partial charge on any atom is 0.407 e. The fraction of sp³-hybridized carbons (Fsp3) is 0.526. The Balaban J connectivity index is 2.05. The van der Waals surface area contributed by atoms with Gasteiger partial charge in [0.1, 0.15) is 17.2 Å². The first-order valence-electron chi connectivity index (χ1n) is 8.83. The maximum atomic E-state index is 14.3. The average Bonchev–Trinajstić information content (AvgIpc) is 2.58. The molecule has 1 saturated heterocycles. The van der Waals surface area contributed by atoms with E-state index in [0.29, 0.717) is 0 Å². The Kier molecular flexibility index (Phi) is 6.71. The summed E-state index contributed by atoms with van der Waals surface area (Å²) in [6.07, 6.45) is -1.72. The predicted molar refractivity (Wildman–Crippen MR) is 94.4 cm³/mol. The van der Waals surface area contributed by atoms with Crippen LogP contribution in [0.5, 0.6) is 0 Å². The molecule has 0 bridgehead atoms. The summed E-state index contributed by atoms with van der Waals surface area (Å²) in [6.45, 7) is 5.37. The van der Waals surface area contributed by atoms with Crippen LogP contribution in [-0.4, -0.2) is 59.3 Å². The molecule has 0 spiro atoms. The van der Waals surface area contributed by atoms with Crippen LogP contribution in [0.4, 0.5) is 13.6 Å². The summed E-state index contributed by atoms with van der Waals surface area (Å²) in [4.78, 5) is 36.4. The van der Waals surface area contributed by atoms with Gasteiger partial charge in [-0.25, -0.2) is 18.4 Å². The van der Waals surface area contributed by atoms with Crippen molar-refractivity contribution in [2.45, 2.75) is 45.3 Å². The summed E-state index contributed by atoms with van der Waals surface area (Å²) >= 11 is 0. The molecule has 1 unspecified atom stereocenters.